The van der Waals surface area contributed by atoms with Gasteiger partial charge in [-0.25, -0.2) is 0 Å². The fourth-order valence-electron chi connectivity index (χ4n) is 1.28. The van der Waals surface area contributed by atoms with Crippen molar-refractivity contribution in [3.63, 3.8) is 0 Å². The van der Waals surface area contributed by atoms with Gasteiger partial charge in [0.1, 0.15) is 6.61 Å². The minimum Gasteiger partial charge on any atom is -0.461 e. The van der Waals surface area contributed by atoms with Crippen LogP contribution >= 0.6 is 0 Å². The zero-order chi connectivity index (χ0) is 9.97. The lowest BCUT2D eigenvalue weighted by atomic mass is 10.2. The van der Waals surface area contributed by atoms with Crippen molar-refractivity contribution in [2.24, 2.45) is 5.92 Å². The van der Waals surface area contributed by atoms with Gasteiger partial charge in [0.05, 0.1) is 5.92 Å². The Morgan fingerprint density at radius 2 is 2.00 bits per heavy atom. The van der Waals surface area contributed by atoms with E-state index in [0.717, 1.165) is 18.4 Å². The van der Waals surface area contributed by atoms with Crippen LogP contribution in [0.4, 0.5) is 0 Å². The Labute approximate surface area is 83.9 Å². The molecule has 0 aromatic heterocycles. The van der Waals surface area contributed by atoms with Crippen molar-refractivity contribution in [2.45, 2.75) is 26.4 Å². The largest absolute Gasteiger partial charge is 0.461 e. The number of hydrogen-bond acceptors (Lipinski definition) is 2. The van der Waals surface area contributed by atoms with Crippen LogP contribution in [0.3, 0.4) is 0 Å². The van der Waals surface area contributed by atoms with E-state index in [1.165, 1.54) is 5.56 Å². The van der Waals surface area contributed by atoms with Crippen LogP contribution < -0.4 is 0 Å². The van der Waals surface area contributed by atoms with E-state index in [-0.39, 0.29) is 11.9 Å². The molecule has 2 heteroatoms. The molecule has 0 aliphatic heterocycles. The molecule has 0 unspecified atom stereocenters. The standard InChI is InChI=1S/C12H14O2/c1-9-2-4-10(5-3-9)8-14-12(13)11-6-7-11/h2-5,11H,6-8H2,1H3. The van der Waals surface area contributed by atoms with Gasteiger partial charge >= 0.3 is 5.97 Å². The summed E-state index contributed by atoms with van der Waals surface area (Å²) in [4.78, 5) is 11.2. The summed E-state index contributed by atoms with van der Waals surface area (Å²) in [7, 11) is 0. The molecule has 14 heavy (non-hydrogen) atoms. The quantitative estimate of drug-likeness (QED) is 0.684. The highest BCUT2D eigenvalue weighted by molar-refractivity contribution is 5.74. The van der Waals surface area contributed by atoms with Crippen molar-refractivity contribution in [3.05, 3.63) is 35.4 Å². The Morgan fingerprint density at radius 1 is 1.36 bits per heavy atom. The highest BCUT2D eigenvalue weighted by atomic mass is 16.5. The number of ether oxygens (including phenoxy) is 1. The first kappa shape index (κ1) is 9.25. The van der Waals surface area contributed by atoms with Crippen molar-refractivity contribution in [3.8, 4) is 0 Å². The van der Waals surface area contributed by atoms with Crippen LogP contribution in [-0.4, -0.2) is 5.97 Å². The third-order valence-electron chi connectivity index (χ3n) is 2.41. The molecular weight excluding hydrogens is 176 g/mol. The molecular formula is C12H14O2. The number of esters is 1. The molecule has 1 aromatic carbocycles. The summed E-state index contributed by atoms with van der Waals surface area (Å²) in [6.45, 7) is 2.45. The Bertz CT molecular complexity index is 323. The number of rotatable bonds is 3. The number of benzene rings is 1. The summed E-state index contributed by atoms with van der Waals surface area (Å²) in [6, 6.07) is 8.05. The van der Waals surface area contributed by atoms with Gasteiger partial charge in [-0.2, -0.15) is 0 Å². The summed E-state index contributed by atoms with van der Waals surface area (Å²) in [5.41, 5.74) is 2.28. The number of carbonyl (C=O) groups excluding carboxylic acids is 1. The first-order chi connectivity index (χ1) is 6.75. The third kappa shape index (κ3) is 2.34. The molecule has 0 heterocycles. The van der Waals surface area contributed by atoms with Crippen molar-refractivity contribution in [1.82, 2.24) is 0 Å². The Hall–Kier alpha value is -1.31. The van der Waals surface area contributed by atoms with Gasteiger partial charge in [-0.1, -0.05) is 29.8 Å². The highest BCUT2D eigenvalue weighted by Crippen LogP contribution is 2.30. The molecule has 0 N–H and O–H groups in total. The summed E-state index contributed by atoms with van der Waals surface area (Å²) < 4.78 is 5.15. The SMILES string of the molecule is Cc1ccc(COC(=O)C2CC2)cc1. The maximum atomic E-state index is 11.2. The zero-order valence-corrected chi connectivity index (χ0v) is 8.32. The van der Waals surface area contributed by atoms with Gasteiger partial charge < -0.3 is 4.74 Å². The highest BCUT2D eigenvalue weighted by Gasteiger charge is 2.31. The van der Waals surface area contributed by atoms with Crippen LogP contribution in [-0.2, 0) is 16.1 Å². The van der Waals surface area contributed by atoms with E-state index >= 15 is 0 Å². The minimum atomic E-state index is -0.0365. The molecule has 0 atom stereocenters. The number of aryl methyl sites for hydroxylation is 1. The Kier molecular flexibility index (Phi) is 2.53. The molecule has 0 spiro atoms. The number of hydrogen-bond donors (Lipinski definition) is 0. The molecule has 2 rings (SSSR count). The molecule has 1 aromatic rings. The van der Waals surface area contributed by atoms with Gasteiger partial charge in [-0.3, -0.25) is 4.79 Å². The molecule has 1 aliphatic carbocycles. The van der Waals surface area contributed by atoms with Crippen molar-refractivity contribution >= 4 is 5.97 Å². The molecule has 0 amide bonds. The maximum Gasteiger partial charge on any atom is 0.309 e. The Morgan fingerprint density at radius 3 is 2.57 bits per heavy atom. The summed E-state index contributed by atoms with van der Waals surface area (Å²) in [6.07, 6.45) is 2.01. The van der Waals surface area contributed by atoms with E-state index in [9.17, 15) is 4.79 Å². The van der Waals surface area contributed by atoms with Gasteiger partial charge in [0.25, 0.3) is 0 Å². The van der Waals surface area contributed by atoms with Crippen LogP contribution in [0.25, 0.3) is 0 Å². The van der Waals surface area contributed by atoms with Crippen LogP contribution in [0.1, 0.15) is 24.0 Å². The molecule has 1 saturated carbocycles. The topological polar surface area (TPSA) is 26.3 Å². The second-order valence-electron chi connectivity index (χ2n) is 3.87. The molecule has 74 valence electrons. The zero-order valence-electron chi connectivity index (χ0n) is 8.32. The molecule has 2 nitrogen and oxygen atoms in total. The molecule has 0 bridgehead atoms. The van der Waals surface area contributed by atoms with Crippen molar-refractivity contribution < 1.29 is 9.53 Å². The number of carbonyl (C=O) groups is 1. The van der Waals surface area contributed by atoms with E-state index in [0.29, 0.717) is 6.61 Å². The first-order valence-electron chi connectivity index (χ1n) is 4.98. The van der Waals surface area contributed by atoms with Crippen LogP contribution in [0.5, 0.6) is 0 Å². The maximum absolute atomic E-state index is 11.2. The summed E-state index contributed by atoms with van der Waals surface area (Å²) >= 11 is 0. The lowest BCUT2D eigenvalue weighted by Crippen LogP contribution is -2.06. The monoisotopic (exact) mass is 190 g/mol. The normalized spacial score (nSPS) is 15.2. The lowest BCUT2D eigenvalue weighted by molar-refractivity contribution is -0.146. The third-order valence-corrected chi connectivity index (χ3v) is 2.41. The van der Waals surface area contributed by atoms with Crippen LogP contribution in [0.15, 0.2) is 24.3 Å². The van der Waals surface area contributed by atoms with Crippen molar-refractivity contribution in [2.75, 3.05) is 0 Å². The summed E-state index contributed by atoms with van der Waals surface area (Å²) in [5.74, 6) is 0.158. The fraction of sp³-hybridized carbons (Fsp3) is 0.417. The van der Waals surface area contributed by atoms with Crippen LogP contribution in [0, 0.1) is 12.8 Å². The minimum absolute atomic E-state index is 0.0365. The van der Waals surface area contributed by atoms with E-state index < -0.39 is 0 Å². The van der Waals surface area contributed by atoms with E-state index in [1.807, 2.05) is 31.2 Å². The predicted molar refractivity (Wildman–Crippen MR) is 53.7 cm³/mol. The molecule has 0 saturated heterocycles. The smallest absolute Gasteiger partial charge is 0.309 e. The predicted octanol–water partition coefficient (Wildman–Crippen LogP) is 2.45. The van der Waals surface area contributed by atoms with Gasteiger partial charge in [-0.15, -0.1) is 0 Å². The second kappa shape index (κ2) is 3.82. The second-order valence-corrected chi connectivity index (χ2v) is 3.87. The summed E-state index contributed by atoms with van der Waals surface area (Å²) in [5, 5.41) is 0. The van der Waals surface area contributed by atoms with E-state index in [4.69, 9.17) is 4.74 Å². The first-order valence-corrected chi connectivity index (χ1v) is 4.98. The van der Waals surface area contributed by atoms with Crippen molar-refractivity contribution in [1.29, 1.82) is 0 Å². The lowest BCUT2D eigenvalue weighted by Gasteiger charge is -2.03. The Balaban J connectivity index is 1.85. The molecule has 1 aliphatic rings. The fourth-order valence-corrected chi connectivity index (χ4v) is 1.28. The van der Waals surface area contributed by atoms with Crippen LogP contribution in [0.2, 0.25) is 0 Å². The average Bonchev–Trinajstić information content (AvgIpc) is 3.00. The van der Waals surface area contributed by atoms with Gasteiger partial charge in [0.15, 0.2) is 0 Å². The van der Waals surface area contributed by atoms with E-state index in [2.05, 4.69) is 0 Å². The molecule has 0 radical (unpaired) electrons. The molecule has 1 fully saturated rings. The van der Waals surface area contributed by atoms with Gasteiger partial charge in [0, 0.05) is 0 Å². The van der Waals surface area contributed by atoms with Gasteiger partial charge in [-0.05, 0) is 25.3 Å². The van der Waals surface area contributed by atoms with E-state index in [1.54, 1.807) is 0 Å². The average molecular weight is 190 g/mol. The van der Waals surface area contributed by atoms with Gasteiger partial charge in [0.2, 0.25) is 0 Å².